The monoisotopic (exact) mass is 379 g/mol. The zero-order chi connectivity index (χ0) is 19.5. The first-order valence-electron chi connectivity index (χ1n) is 10.8. The molecule has 1 aromatic carbocycles. The fraction of sp³-hybridized carbons (Fsp3) is 0.727. The van der Waals surface area contributed by atoms with Crippen LogP contribution >= 0.6 is 0 Å². The second kappa shape index (κ2) is 12.0. The van der Waals surface area contributed by atoms with Crippen LogP contribution in [0.4, 0.5) is 8.78 Å². The highest BCUT2D eigenvalue weighted by atomic mass is 19.2. The minimum Gasteiger partial charge on any atom is -0.204 e. The van der Waals surface area contributed by atoms with Gasteiger partial charge in [-0.05, 0) is 18.8 Å². The van der Waals surface area contributed by atoms with Crippen molar-refractivity contribution in [3.63, 3.8) is 0 Å². The molecule has 152 valence electrons. The van der Waals surface area contributed by atoms with Crippen molar-refractivity contribution >= 4 is 11.0 Å². The lowest BCUT2D eigenvalue weighted by atomic mass is 9.94. The van der Waals surface area contributed by atoms with Crippen LogP contribution in [0.3, 0.4) is 0 Å². The Morgan fingerprint density at radius 2 is 1.19 bits per heavy atom. The Hall–Kier alpha value is -1.52. The van der Waals surface area contributed by atoms with Crippen molar-refractivity contribution in [1.82, 2.24) is 15.0 Å². The van der Waals surface area contributed by atoms with Gasteiger partial charge in [0, 0.05) is 12.1 Å². The maximum atomic E-state index is 13.4. The van der Waals surface area contributed by atoms with Gasteiger partial charge in [0.05, 0.1) is 6.54 Å². The standard InChI is InChI=1S/C22H35F2N3/c1-3-5-7-9-10-12-14-18(13-11-8-6-4-2)17-27-25-21-15-19(23)20(24)16-22(21)26-27/h15-16,18H,3-14,17H2,1-2H3. The largest absolute Gasteiger partial charge is 0.204 e. The van der Waals surface area contributed by atoms with E-state index in [0.717, 1.165) is 18.7 Å². The number of halogens is 2. The first-order valence-corrected chi connectivity index (χ1v) is 10.8. The van der Waals surface area contributed by atoms with Crippen LogP contribution in [0.15, 0.2) is 12.1 Å². The molecule has 0 radical (unpaired) electrons. The first-order chi connectivity index (χ1) is 13.1. The summed E-state index contributed by atoms with van der Waals surface area (Å²) in [5.74, 6) is -1.19. The minimum absolute atomic E-state index is 0.429. The average molecular weight is 380 g/mol. The zero-order valence-corrected chi connectivity index (χ0v) is 17.0. The van der Waals surface area contributed by atoms with Crippen molar-refractivity contribution in [3.05, 3.63) is 23.8 Å². The van der Waals surface area contributed by atoms with Crippen LogP contribution < -0.4 is 0 Å². The number of fused-ring (bicyclic) bond motifs is 1. The molecule has 1 aromatic heterocycles. The highest BCUT2D eigenvalue weighted by molar-refractivity contribution is 5.73. The van der Waals surface area contributed by atoms with E-state index in [1.165, 1.54) is 77.0 Å². The molecule has 0 aliphatic rings. The predicted molar refractivity (Wildman–Crippen MR) is 108 cm³/mol. The average Bonchev–Trinajstić information content (AvgIpc) is 3.02. The predicted octanol–water partition coefficient (Wildman–Crippen LogP) is 7.05. The lowest BCUT2D eigenvalue weighted by Gasteiger charge is -2.16. The van der Waals surface area contributed by atoms with Gasteiger partial charge in [-0.1, -0.05) is 78.1 Å². The van der Waals surface area contributed by atoms with E-state index < -0.39 is 11.6 Å². The summed E-state index contributed by atoms with van der Waals surface area (Å²) in [7, 11) is 0. The third kappa shape index (κ3) is 7.55. The normalized spacial score (nSPS) is 12.7. The number of benzene rings is 1. The highest BCUT2D eigenvalue weighted by Crippen LogP contribution is 2.21. The van der Waals surface area contributed by atoms with Crippen LogP contribution in [0.2, 0.25) is 0 Å². The molecule has 0 spiro atoms. The molecule has 0 fully saturated rings. The topological polar surface area (TPSA) is 30.7 Å². The van der Waals surface area contributed by atoms with E-state index in [-0.39, 0.29) is 0 Å². The number of hydrogen-bond donors (Lipinski definition) is 0. The molecule has 2 rings (SSSR count). The van der Waals surface area contributed by atoms with Crippen molar-refractivity contribution in [1.29, 1.82) is 0 Å². The van der Waals surface area contributed by atoms with Gasteiger partial charge in [0.25, 0.3) is 0 Å². The van der Waals surface area contributed by atoms with Crippen molar-refractivity contribution in [3.8, 4) is 0 Å². The van der Waals surface area contributed by atoms with E-state index in [4.69, 9.17) is 0 Å². The van der Waals surface area contributed by atoms with Crippen LogP contribution in [0.1, 0.15) is 90.9 Å². The SMILES string of the molecule is CCCCCCCCC(CCCCCC)Cn1nc2cc(F)c(F)cc2n1. The van der Waals surface area contributed by atoms with Crippen LogP contribution in [-0.2, 0) is 6.54 Å². The molecule has 0 aliphatic heterocycles. The molecule has 0 saturated carbocycles. The quantitative estimate of drug-likeness (QED) is 0.329. The van der Waals surface area contributed by atoms with Gasteiger partial charge in [0.15, 0.2) is 11.6 Å². The summed E-state index contributed by atoms with van der Waals surface area (Å²) in [5.41, 5.74) is 0.858. The smallest absolute Gasteiger partial charge is 0.161 e. The van der Waals surface area contributed by atoms with Crippen molar-refractivity contribution in [2.75, 3.05) is 0 Å². The molecule has 1 atom stereocenters. The van der Waals surface area contributed by atoms with E-state index in [1.807, 2.05) is 0 Å². The van der Waals surface area contributed by atoms with Gasteiger partial charge < -0.3 is 0 Å². The molecule has 0 N–H and O–H groups in total. The van der Waals surface area contributed by atoms with Gasteiger partial charge in [-0.25, -0.2) is 8.78 Å². The van der Waals surface area contributed by atoms with Gasteiger partial charge in [-0.3, -0.25) is 0 Å². The van der Waals surface area contributed by atoms with Crippen molar-refractivity contribution in [2.45, 2.75) is 97.4 Å². The minimum atomic E-state index is -0.863. The van der Waals surface area contributed by atoms with E-state index in [1.54, 1.807) is 4.80 Å². The van der Waals surface area contributed by atoms with E-state index in [2.05, 4.69) is 24.0 Å². The van der Waals surface area contributed by atoms with Crippen molar-refractivity contribution in [2.24, 2.45) is 5.92 Å². The summed E-state index contributed by atoms with van der Waals surface area (Å²) in [6.07, 6.45) is 15.2. The molecule has 0 aliphatic carbocycles. The second-order valence-corrected chi connectivity index (χ2v) is 7.78. The van der Waals surface area contributed by atoms with E-state index in [9.17, 15) is 8.78 Å². The summed E-state index contributed by atoms with van der Waals surface area (Å²) < 4.78 is 26.8. The van der Waals surface area contributed by atoms with Gasteiger partial charge in [-0.15, -0.1) is 0 Å². The zero-order valence-electron chi connectivity index (χ0n) is 17.0. The maximum Gasteiger partial charge on any atom is 0.161 e. The molecular formula is C22H35F2N3. The number of rotatable bonds is 14. The summed E-state index contributed by atoms with van der Waals surface area (Å²) >= 11 is 0. The number of unbranched alkanes of at least 4 members (excludes halogenated alkanes) is 8. The number of nitrogens with zero attached hydrogens (tertiary/aromatic N) is 3. The third-order valence-corrected chi connectivity index (χ3v) is 5.32. The molecule has 2 aromatic rings. The van der Waals surface area contributed by atoms with Gasteiger partial charge in [0.1, 0.15) is 11.0 Å². The summed E-state index contributed by atoms with van der Waals surface area (Å²) in [6, 6.07) is 2.27. The van der Waals surface area contributed by atoms with Crippen LogP contribution in [0.5, 0.6) is 0 Å². The van der Waals surface area contributed by atoms with Crippen LogP contribution in [0, 0.1) is 17.6 Å². The Balaban J connectivity index is 1.91. The molecule has 0 bridgehead atoms. The molecule has 5 heteroatoms. The summed E-state index contributed by atoms with van der Waals surface area (Å²) in [5, 5.41) is 8.73. The Morgan fingerprint density at radius 3 is 1.70 bits per heavy atom. The lowest BCUT2D eigenvalue weighted by molar-refractivity contribution is 0.327. The Bertz CT molecular complexity index is 630. The lowest BCUT2D eigenvalue weighted by Crippen LogP contribution is -2.13. The molecule has 1 heterocycles. The van der Waals surface area contributed by atoms with E-state index in [0.29, 0.717) is 17.0 Å². The van der Waals surface area contributed by atoms with Gasteiger partial charge >= 0.3 is 0 Å². The van der Waals surface area contributed by atoms with Gasteiger partial charge in [0.2, 0.25) is 0 Å². The Labute approximate surface area is 162 Å². The Kier molecular flexibility index (Phi) is 9.71. The first kappa shape index (κ1) is 21.8. The third-order valence-electron chi connectivity index (χ3n) is 5.32. The molecular weight excluding hydrogens is 344 g/mol. The number of hydrogen-bond acceptors (Lipinski definition) is 2. The van der Waals surface area contributed by atoms with Crippen LogP contribution in [-0.4, -0.2) is 15.0 Å². The fourth-order valence-electron chi connectivity index (χ4n) is 3.67. The molecule has 0 amide bonds. The molecule has 3 nitrogen and oxygen atoms in total. The van der Waals surface area contributed by atoms with Crippen molar-refractivity contribution < 1.29 is 8.78 Å². The Morgan fingerprint density at radius 1 is 0.741 bits per heavy atom. The second-order valence-electron chi connectivity index (χ2n) is 7.78. The highest BCUT2D eigenvalue weighted by Gasteiger charge is 2.14. The van der Waals surface area contributed by atoms with Gasteiger partial charge in [-0.2, -0.15) is 15.0 Å². The maximum absolute atomic E-state index is 13.4. The summed E-state index contributed by atoms with van der Waals surface area (Å²) in [4.78, 5) is 1.64. The fourth-order valence-corrected chi connectivity index (χ4v) is 3.67. The van der Waals surface area contributed by atoms with E-state index >= 15 is 0 Å². The molecule has 0 saturated heterocycles. The molecule has 27 heavy (non-hydrogen) atoms. The molecule has 1 unspecified atom stereocenters. The van der Waals surface area contributed by atoms with Crippen LogP contribution in [0.25, 0.3) is 11.0 Å². The summed E-state index contributed by atoms with van der Waals surface area (Å²) in [6.45, 7) is 5.20. The number of aromatic nitrogens is 3.